The van der Waals surface area contributed by atoms with Gasteiger partial charge in [0.25, 0.3) is 0 Å². The summed E-state index contributed by atoms with van der Waals surface area (Å²) in [5, 5.41) is 9.07. The molecule has 0 radical (unpaired) electrons. The summed E-state index contributed by atoms with van der Waals surface area (Å²) in [5.41, 5.74) is 0.845. The Kier molecular flexibility index (Phi) is 2.78. The van der Waals surface area contributed by atoms with Gasteiger partial charge in [0.2, 0.25) is 0 Å². The van der Waals surface area contributed by atoms with Crippen molar-refractivity contribution in [2.75, 3.05) is 0 Å². The molecule has 16 heavy (non-hydrogen) atoms. The van der Waals surface area contributed by atoms with E-state index >= 15 is 0 Å². The second-order valence-corrected chi connectivity index (χ2v) is 5.50. The first kappa shape index (κ1) is 11.2. The third-order valence-electron chi connectivity index (χ3n) is 3.70. The third kappa shape index (κ3) is 2.13. The highest BCUT2D eigenvalue weighted by atomic mass is 16.4. The maximum absolute atomic E-state index is 11.0. The number of carboxylic acid groups (broad SMARTS) is 1. The molecule has 0 spiro atoms. The molecule has 1 aliphatic carbocycles. The third-order valence-corrected chi connectivity index (χ3v) is 3.70. The Morgan fingerprint density at radius 3 is 2.62 bits per heavy atom. The van der Waals surface area contributed by atoms with Crippen molar-refractivity contribution in [3.05, 3.63) is 24.0 Å². The zero-order valence-corrected chi connectivity index (χ0v) is 9.94. The van der Waals surface area contributed by atoms with Crippen molar-refractivity contribution in [3.8, 4) is 0 Å². The molecule has 3 nitrogen and oxygen atoms in total. The lowest BCUT2D eigenvalue weighted by molar-refractivity contribution is 0.0678. The predicted octanol–water partition coefficient (Wildman–Crippen LogP) is 3.33. The Hall–Kier alpha value is -1.25. The molecular weight excluding hydrogens is 202 g/mol. The maximum atomic E-state index is 11.0. The summed E-state index contributed by atoms with van der Waals surface area (Å²) in [5.74, 6) is -0.824. The van der Waals surface area contributed by atoms with E-state index in [0.717, 1.165) is 12.8 Å². The van der Waals surface area contributed by atoms with E-state index in [-0.39, 0.29) is 0 Å². The molecule has 1 aromatic rings. The molecule has 1 saturated carbocycles. The molecule has 2 rings (SSSR count). The molecule has 1 aromatic heterocycles. The number of nitrogens with zero attached hydrogens (tertiary/aromatic N) is 1. The van der Waals surface area contributed by atoms with E-state index in [0.29, 0.717) is 17.2 Å². The summed E-state index contributed by atoms with van der Waals surface area (Å²) in [7, 11) is 0. The summed E-state index contributed by atoms with van der Waals surface area (Å²) < 4.78 is 1.93. The molecule has 0 amide bonds. The topological polar surface area (TPSA) is 42.2 Å². The zero-order chi connectivity index (χ0) is 11.8. The summed E-state index contributed by atoms with van der Waals surface area (Å²) in [6, 6.07) is 3.87. The quantitative estimate of drug-likeness (QED) is 0.832. The number of hydrogen-bond donors (Lipinski definition) is 1. The normalized spacial score (nSPS) is 20.9. The van der Waals surface area contributed by atoms with Crippen LogP contribution in [0.2, 0.25) is 0 Å². The molecule has 3 heteroatoms. The van der Waals surface area contributed by atoms with Crippen LogP contribution < -0.4 is 0 Å². The fourth-order valence-corrected chi connectivity index (χ4v) is 2.56. The van der Waals surface area contributed by atoms with Crippen LogP contribution in [-0.4, -0.2) is 15.6 Å². The van der Waals surface area contributed by atoms with Crippen molar-refractivity contribution in [2.45, 2.75) is 45.6 Å². The Balaban J connectivity index is 2.14. The number of aromatic nitrogens is 1. The summed E-state index contributed by atoms with van der Waals surface area (Å²) in [6.07, 6.45) is 6.42. The van der Waals surface area contributed by atoms with Gasteiger partial charge in [0, 0.05) is 12.2 Å². The van der Waals surface area contributed by atoms with Gasteiger partial charge in [-0.3, -0.25) is 0 Å². The average Bonchev–Trinajstić information content (AvgIpc) is 2.66. The highest BCUT2D eigenvalue weighted by Gasteiger charge is 2.28. The van der Waals surface area contributed by atoms with Gasteiger partial charge in [0.1, 0.15) is 5.69 Å². The number of carboxylic acids is 1. The van der Waals surface area contributed by atoms with Crippen LogP contribution in [0.5, 0.6) is 0 Å². The molecule has 0 saturated heterocycles. The van der Waals surface area contributed by atoms with Crippen molar-refractivity contribution >= 4 is 5.97 Å². The van der Waals surface area contributed by atoms with E-state index in [1.807, 2.05) is 16.8 Å². The highest BCUT2D eigenvalue weighted by molar-refractivity contribution is 5.85. The minimum absolute atomic E-state index is 0.370. The molecule has 1 heterocycles. The first-order valence-electron chi connectivity index (χ1n) is 5.90. The van der Waals surface area contributed by atoms with Crippen LogP contribution in [0.25, 0.3) is 0 Å². The van der Waals surface area contributed by atoms with Gasteiger partial charge in [-0.2, -0.15) is 0 Å². The van der Waals surface area contributed by atoms with Crippen LogP contribution in [0.1, 0.15) is 56.1 Å². The van der Waals surface area contributed by atoms with Crippen molar-refractivity contribution in [1.29, 1.82) is 0 Å². The SMILES string of the molecule is CC1(C)CCC(n2cccc2C(=O)O)CC1. The monoisotopic (exact) mass is 221 g/mol. The van der Waals surface area contributed by atoms with Gasteiger partial charge in [-0.25, -0.2) is 4.79 Å². The minimum atomic E-state index is -0.824. The number of carbonyl (C=O) groups is 1. The standard InChI is InChI=1S/C13H19NO2/c1-13(2)7-5-10(6-8-13)14-9-3-4-11(14)12(15)16/h3-4,9-10H,5-8H2,1-2H3,(H,15,16). The van der Waals surface area contributed by atoms with E-state index in [9.17, 15) is 4.79 Å². The molecule has 0 unspecified atom stereocenters. The maximum Gasteiger partial charge on any atom is 0.352 e. The van der Waals surface area contributed by atoms with Crippen LogP contribution in [0.15, 0.2) is 18.3 Å². The van der Waals surface area contributed by atoms with Crippen LogP contribution in [0.4, 0.5) is 0 Å². The van der Waals surface area contributed by atoms with Crippen molar-refractivity contribution in [3.63, 3.8) is 0 Å². The Labute approximate surface area is 96.1 Å². The number of aromatic carboxylic acids is 1. The molecule has 1 fully saturated rings. The Morgan fingerprint density at radius 1 is 1.44 bits per heavy atom. The van der Waals surface area contributed by atoms with E-state index < -0.39 is 5.97 Å². The van der Waals surface area contributed by atoms with E-state index in [1.54, 1.807) is 6.07 Å². The Bertz CT molecular complexity index is 382. The van der Waals surface area contributed by atoms with Crippen LogP contribution in [0, 0.1) is 5.41 Å². The smallest absolute Gasteiger partial charge is 0.352 e. The van der Waals surface area contributed by atoms with Gasteiger partial charge in [0.15, 0.2) is 0 Å². The van der Waals surface area contributed by atoms with Crippen molar-refractivity contribution < 1.29 is 9.90 Å². The number of rotatable bonds is 2. The van der Waals surface area contributed by atoms with E-state index in [1.165, 1.54) is 12.8 Å². The second-order valence-electron chi connectivity index (χ2n) is 5.50. The van der Waals surface area contributed by atoms with E-state index in [2.05, 4.69) is 13.8 Å². The second kappa shape index (κ2) is 3.96. The predicted molar refractivity (Wildman–Crippen MR) is 62.7 cm³/mol. The zero-order valence-electron chi connectivity index (χ0n) is 9.94. The summed E-state index contributed by atoms with van der Waals surface area (Å²) >= 11 is 0. The van der Waals surface area contributed by atoms with Crippen molar-refractivity contribution in [1.82, 2.24) is 4.57 Å². The summed E-state index contributed by atoms with van der Waals surface area (Å²) in [6.45, 7) is 4.58. The van der Waals surface area contributed by atoms with E-state index in [4.69, 9.17) is 5.11 Å². The minimum Gasteiger partial charge on any atom is -0.477 e. The molecule has 1 aliphatic rings. The molecule has 88 valence electrons. The van der Waals surface area contributed by atoms with Crippen LogP contribution >= 0.6 is 0 Å². The number of hydrogen-bond acceptors (Lipinski definition) is 1. The van der Waals surface area contributed by atoms with Crippen molar-refractivity contribution in [2.24, 2.45) is 5.41 Å². The first-order valence-corrected chi connectivity index (χ1v) is 5.90. The van der Waals surface area contributed by atoms with Crippen LogP contribution in [-0.2, 0) is 0 Å². The molecule has 1 N–H and O–H groups in total. The molecule has 0 atom stereocenters. The van der Waals surface area contributed by atoms with Gasteiger partial charge in [-0.15, -0.1) is 0 Å². The lowest BCUT2D eigenvalue weighted by Crippen LogP contribution is -2.24. The lowest BCUT2D eigenvalue weighted by atomic mass is 9.75. The molecule has 0 bridgehead atoms. The Morgan fingerprint density at radius 2 is 2.06 bits per heavy atom. The fraction of sp³-hybridized carbons (Fsp3) is 0.615. The van der Waals surface area contributed by atoms with Gasteiger partial charge < -0.3 is 9.67 Å². The molecule has 0 aromatic carbocycles. The lowest BCUT2D eigenvalue weighted by Gasteiger charge is -2.35. The molecular formula is C13H19NO2. The fourth-order valence-electron chi connectivity index (χ4n) is 2.56. The largest absolute Gasteiger partial charge is 0.477 e. The van der Waals surface area contributed by atoms with Gasteiger partial charge >= 0.3 is 5.97 Å². The average molecular weight is 221 g/mol. The highest BCUT2D eigenvalue weighted by Crippen LogP contribution is 2.40. The van der Waals surface area contributed by atoms with Gasteiger partial charge in [0.05, 0.1) is 0 Å². The van der Waals surface area contributed by atoms with Gasteiger partial charge in [-0.1, -0.05) is 13.8 Å². The summed E-state index contributed by atoms with van der Waals surface area (Å²) in [4.78, 5) is 11.0. The first-order chi connectivity index (χ1) is 7.49. The van der Waals surface area contributed by atoms with Crippen LogP contribution in [0.3, 0.4) is 0 Å². The molecule has 0 aliphatic heterocycles. The van der Waals surface area contributed by atoms with Gasteiger partial charge in [-0.05, 0) is 43.2 Å².